The molecule has 0 spiro atoms. The number of rotatable bonds is 4. The van der Waals surface area contributed by atoms with Crippen LogP contribution in [0.2, 0.25) is 0 Å². The van der Waals surface area contributed by atoms with Crippen molar-refractivity contribution in [3.63, 3.8) is 0 Å². The van der Waals surface area contributed by atoms with Gasteiger partial charge in [-0.2, -0.15) is 0 Å². The third kappa shape index (κ3) is 4.22. The van der Waals surface area contributed by atoms with Gasteiger partial charge in [-0.15, -0.1) is 0 Å². The second kappa shape index (κ2) is 5.98. The van der Waals surface area contributed by atoms with Gasteiger partial charge in [0.25, 0.3) is 0 Å². The van der Waals surface area contributed by atoms with Crippen LogP contribution in [0.5, 0.6) is 0 Å². The Morgan fingerprint density at radius 2 is 2.00 bits per heavy atom. The molecule has 0 fully saturated rings. The number of hydrogen-bond donors (Lipinski definition) is 1. The normalized spacial score (nSPS) is 10.7. The van der Waals surface area contributed by atoms with Gasteiger partial charge in [-0.25, -0.2) is 0 Å². The van der Waals surface area contributed by atoms with Gasteiger partial charge in [0.2, 0.25) is 0 Å². The molecule has 0 bridgehead atoms. The zero-order valence-electron chi connectivity index (χ0n) is 10.4. The van der Waals surface area contributed by atoms with Crippen LogP contribution < -0.4 is 7.97 Å². The van der Waals surface area contributed by atoms with Crippen molar-refractivity contribution in [3.8, 4) is 0 Å². The summed E-state index contributed by atoms with van der Waals surface area (Å²) in [5, 5.41) is 0. The Labute approximate surface area is 119 Å². The van der Waals surface area contributed by atoms with Crippen molar-refractivity contribution in [1.82, 2.24) is 0 Å². The van der Waals surface area contributed by atoms with Gasteiger partial charge in [-0.05, 0) is 0 Å². The number of anilines is 1. The first-order valence-electron chi connectivity index (χ1n) is 5.13. The fourth-order valence-corrected chi connectivity index (χ4v) is 7.40. The van der Waals surface area contributed by atoms with Gasteiger partial charge in [0, 0.05) is 0 Å². The van der Waals surface area contributed by atoms with Crippen molar-refractivity contribution in [2.45, 2.75) is 11.8 Å². The van der Waals surface area contributed by atoms with E-state index in [1.807, 2.05) is 19.0 Å². The summed E-state index contributed by atoms with van der Waals surface area (Å²) >= 11 is -2.17. The van der Waals surface area contributed by atoms with E-state index in [-0.39, 0.29) is 10.9 Å². The maximum absolute atomic E-state index is 11.1. The van der Waals surface area contributed by atoms with Crippen molar-refractivity contribution >= 4 is 24.8 Å². The SMILES string of the molecule is CC(=O)[O][Hg][c]1cc(S(=O)(=O)O)ccc1N(C)C. The van der Waals surface area contributed by atoms with Gasteiger partial charge >= 0.3 is 119 Å². The first kappa shape index (κ1) is 15.4. The topological polar surface area (TPSA) is 83.9 Å². The van der Waals surface area contributed by atoms with E-state index in [9.17, 15) is 13.2 Å². The Balaban J connectivity index is 3.20. The maximum atomic E-state index is 11.1. The van der Waals surface area contributed by atoms with Crippen LogP contribution in [0, 0.1) is 0 Å². The molecule has 0 saturated carbocycles. The Morgan fingerprint density at radius 3 is 2.44 bits per heavy atom. The molecule has 1 N–H and O–H groups in total. The molecule has 8 heteroatoms. The van der Waals surface area contributed by atoms with Crippen molar-refractivity contribution in [2.24, 2.45) is 0 Å². The predicted octanol–water partition coefficient (Wildman–Crippen LogP) is 0.185. The molecule has 0 heterocycles. The molecule has 6 nitrogen and oxygen atoms in total. The van der Waals surface area contributed by atoms with E-state index in [4.69, 9.17) is 7.20 Å². The Kier molecular flexibility index (Phi) is 5.12. The van der Waals surface area contributed by atoms with Crippen molar-refractivity contribution in [2.75, 3.05) is 19.0 Å². The van der Waals surface area contributed by atoms with Gasteiger partial charge in [0.05, 0.1) is 0 Å². The third-order valence-corrected chi connectivity index (χ3v) is 8.66. The number of benzene rings is 1. The minimum absolute atomic E-state index is 0.171. The van der Waals surface area contributed by atoms with Crippen molar-refractivity contribution in [1.29, 1.82) is 0 Å². The quantitative estimate of drug-likeness (QED) is 0.511. The van der Waals surface area contributed by atoms with Crippen LogP contribution >= 0.6 is 0 Å². The fourth-order valence-electron chi connectivity index (χ4n) is 1.45. The summed E-state index contributed by atoms with van der Waals surface area (Å²) in [4.78, 5) is 12.5. The molecule has 96 valence electrons. The van der Waals surface area contributed by atoms with Gasteiger partial charge in [-0.3, -0.25) is 0 Å². The standard InChI is InChI=1S/C8H10NO3S.C2H4O2.Hg/c1-9(2)7-3-5-8(6-4-7)13(10,11)12;1-2(3)4;/h3,5-6H,1-2H3,(H,10,11,12);1H3,(H,3,4);/q;;+1/p-1. The zero-order valence-corrected chi connectivity index (χ0v) is 16.7. The second-order valence-electron chi connectivity index (χ2n) is 3.94. The van der Waals surface area contributed by atoms with Gasteiger partial charge in [0.1, 0.15) is 0 Å². The fraction of sp³-hybridized carbons (Fsp3) is 0.300. The van der Waals surface area contributed by atoms with Crippen LogP contribution in [0.15, 0.2) is 23.1 Å². The molecule has 1 rings (SSSR count). The average Bonchev–Trinajstić information content (AvgIpc) is 2.24. The summed E-state index contributed by atoms with van der Waals surface area (Å²) in [6.07, 6.45) is 0. The summed E-state index contributed by atoms with van der Waals surface area (Å²) in [6, 6.07) is 4.31. The van der Waals surface area contributed by atoms with Crippen LogP contribution in [-0.2, 0) is 42.6 Å². The molecule has 0 aliphatic carbocycles. The third-order valence-electron chi connectivity index (χ3n) is 2.26. The van der Waals surface area contributed by atoms with Gasteiger partial charge < -0.3 is 0 Å². The molecule has 0 aliphatic rings. The first-order chi connectivity index (χ1) is 8.21. The number of carbonyl (C=O) groups excluding carboxylic acids is 1. The molecule has 0 atom stereocenters. The Hall–Kier alpha value is -0.665. The summed E-state index contributed by atoms with van der Waals surface area (Å²) in [6.45, 7) is 1.32. The number of nitrogens with zero attached hydrogens (tertiary/aromatic N) is 1. The summed E-state index contributed by atoms with van der Waals surface area (Å²) in [5.41, 5.74) is 0.810. The molecule has 0 aliphatic heterocycles. The van der Waals surface area contributed by atoms with Gasteiger partial charge in [-0.1, -0.05) is 0 Å². The summed E-state index contributed by atoms with van der Waals surface area (Å²) < 4.78 is 36.9. The number of carbonyl (C=O) groups is 1. The molecule has 0 radical (unpaired) electrons. The zero-order chi connectivity index (χ0) is 13.9. The Morgan fingerprint density at radius 1 is 1.39 bits per heavy atom. The predicted molar refractivity (Wildman–Crippen MR) is 62.0 cm³/mol. The number of hydrogen-bond acceptors (Lipinski definition) is 5. The van der Waals surface area contributed by atoms with E-state index in [0.29, 0.717) is 0 Å². The van der Waals surface area contributed by atoms with Crippen LogP contribution in [-0.4, -0.2) is 33.0 Å². The van der Waals surface area contributed by atoms with E-state index in [1.165, 1.54) is 19.1 Å². The van der Waals surface area contributed by atoms with Gasteiger partial charge in [0.15, 0.2) is 0 Å². The van der Waals surface area contributed by atoms with E-state index >= 15 is 0 Å². The van der Waals surface area contributed by atoms with E-state index in [1.54, 1.807) is 6.07 Å². The molecular weight excluding hydrogens is 447 g/mol. The average molecular weight is 460 g/mol. The molecule has 0 amide bonds. The molecule has 18 heavy (non-hydrogen) atoms. The molecule has 0 unspecified atom stereocenters. The van der Waals surface area contributed by atoms with Crippen LogP contribution in [0.3, 0.4) is 0 Å². The van der Waals surface area contributed by atoms with Crippen molar-refractivity contribution < 1.29 is 45.4 Å². The monoisotopic (exact) mass is 461 g/mol. The molecular formula is C10H13HgNO5S. The molecule has 1 aromatic carbocycles. The molecule has 1 aromatic rings. The first-order valence-corrected chi connectivity index (χ1v) is 11.6. The van der Waals surface area contributed by atoms with Crippen LogP contribution in [0.4, 0.5) is 5.69 Å². The van der Waals surface area contributed by atoms with E-state index in [0.717, 1.165) is 8.76 Å². The van der Waals surface area contributed by atoms with Crippen LogP contribution in [0.25, 0.3) is 0 Å². The van der Waals surface area contributed by atoms with E-state index in [2.05, 4.69) is 0 Å². The Bertz CT molecular complexity index is 555. The van der Waals surface area contributed by atoms with Crippen LogP contribution in [0.1, 0.15) is 6.92 Å². The summed E-state index contributed by atoms with van der Waals surface area (Å²) in [7, 11) is -0.604. The molecule has 0 aromatic heterocycles. The van der Waals surface area contributed by atoms with Crippen molar-refractivity contribution in [3.05, 3.63) is 18.2 Å². The second-order valence-corrected chi connectivity index (χ2v) is 10.6. The minimum atomic E-state index is -4.23. The summed E-state index contributed by atoms with van der Waals surface area (Å²) in [5.74, 6) is -0.362. The molecule has 0 saturated heterocycles. The van der Waals surface area contributed by atoms with E-state index < -0.39 is 35.1 Å².